The zero-order chi connectivity index (χ0) is 22.7. The van der Waals surface area contributed by atoms with E-state index in [4.69, 9.17) is 0 Å². The third-order valence-electron chi connectivity index (χ3n) is 5.27. The predicted molar refractivity (Wildman–Crippen MR) is 124 cm³/mol. The van der Waals surface area contributed by atoms with Crippen molar-refractivity contribution >= 4 is 34.9 Å². The van der Waals surface area contributed by atoms with E-state index in [9.17, 15) is 24.9 Å². The number of para-hydroxylation sites is 1. The van der Waals surface area contributed by atoms with Gasteiger partial charge < -0.3 is 20.6 Å². The average molecular weight is 448 g/mol. The van der Waals surface area contributed by atoms with E-state index in [0.29, 0.717) is 24.1 Å². The third-order valence-corrected chi connectivity index (χ3v) is 6.37. The molecule has 0 fully saturated rings. The second kappa shape index (κ2) is 9.20. The van der Waals surface area contributed by atoms with Crippen LogP contribution in [0.15, 0.2) is 77.2 Å². The van der Waals surface area contributed by atoms with Gasteiger partial charge in [-0.2, -0.15) is 0 Å². The van der Waals surface area contributed by atoms with Crippen molar-refractivity contribution < 1.29 is 24.9 Å². The molecule has 0 aliphatic carbocycles. The van der Waals surface area contributed by atoms with Crippen LogP contribution in [0, 0.1) is 0 Å². The molecule has 0 aromatic heterocycles. The lowest BCUT2D eigenvalue weighted by molar-refractivity contribution is -0.132. The lowest BCUT2D eigenvalue weighted by atomic mass is 10.0. The van der Waals surface area contributed by atoms with Crippen molar-refractivity contribution in [2.24, 2.45) is 0 Å². The number of benzene rings is 3. The number of carbonyl (C=O) groups is 2. The summed E-state index contributed by atoms with van der Waals surface area (Å²) in [5, 5.41) is 32.3. The fourth-order valence-electron chi connectivity index (χ4n) is 3.52. The molecule has 3 aromatic rings. The van der Waals surface area contributed by atoms with E-state index in [1.807, 2.05) is 24.3 Å². The fourth-order valence-corrected chi connectivity index (χ4v) is 4.58. The summed E-state index contributed by atoms with van der Waals surface area (Å²) in [5.74, 6) is -1.86. The molecule has 1 aliphatic rings. The first-order chi connectivity index (χ1) is 15.4. The van der Waals surface area contributed by atoms with Gasteiger partial charge in [0.25, 0.3) is 11.7 Å². The van der Waals surface area contributed by atoms with E-state index in [2.05, 4.69) is 5.32 Å². The largest absolute Gasteiger partial charge is 0.507 e. The zero-order valence-corrected chi connectivity index (χ0v) is 17.9. The van der Waals surface area contributed by atoms with Crippen LogP contribution in [0.1, 0.15) is 16.7 Å². The van der Waals surface area contributed by atoms with Gasteiger partial charge in [0.2, 0.25) is 0 Å². The number of hydrogen-bond donors (Lipinski definition) is 4. The molecule has 0 spiro atoms. The Kier molecular flexibility index (Phi) is 6.18. The molecule has 162 valence electrons. The van der Waals surface area contributed by atoms with Gasteiger partial charge in [0.05, 0.1) is 5.57 Å². The van der Waals surface area contributed by atoms with Crippen molar-refractivity contribution in [3.05, 3.63) is 89.0 Å². The van der Waals surface area contributed by atoms with Crippen LogP contribution < -0.4 is 5.32 Å². The van der Waals surface area contributed by atoms with E-state index in [-0.39, 0.29) is 28.6 Å². The minimum absolute atomic E-state index is 0.0863. The number of amides is 1. The van der Waals surface area contributed by atoms with E-state index in [0.717, 1.165) is 16.0 Å². The maximum Gasteiger partial charge on any atom is 0.296 e. The van der Waals surface area contributed by atoms with Crippen LogP contribution in [-0.4, -0.2) is 32.8 Å². The number of carbonyl (C=O) groups excluding carboxylic acids is 2. The molecule has 1 amide bonds. The number of nitrogens with one attached hydrogen (secondary N) is 1. The number of aromatic hydroxyl groups is 2. The van der Waals surface area contributed by atoms with E-state index in [1.54, 1.807) is 30.3 Å². The second-order valence-corrected chi connectivity index (χ2v) is 8.39. The highest BCUT2D eigenvalue weighted by Crippen LogP contribution is 2.36. The minimum atomic E-state index is -0.804. The summed E-state index contributed by atoms with van der Waals surface area (Å²) < 4.78 is 0. The summed E-state index contributed by atoms with van der Waals surface area (Å²) in [6, 6.07) is 19.0. The molecule has 0 bridgehead atoms. The Bertz CT molecular complexity index is 1230. The number of hydrogen-bond acceptors (Lipinski definition) is 6. The number of aryl methyl sites for hydroxylation is 2. The standard InChI is InChI=1S/C25H21NO5S/c27-20-12-10-15(13-21(20)28)9-11-16-5-1-3-7-19(16)26-25(31)24(30)18-14-32-22-8-4-2-6-17(22)23(18)29/h1-8,10,12-13,27-29H,9,11,14H2,(H,26,31). The molecule has 0 saturated heterocycles. The first kappa shape index (κ1) is 21.5. The van der Waals surface area contributed by atoms with Gasteiger partial charge in [-0.1, -0.05) is 42.5 Å². The van der Waals surface area contributed by atoms with Crippen LogP contribution in [0.3, 0.4) is 0 Å². The van der Waals surface area contributed by atoms with E-state index >= 15 is 0 Å². The number of aliphatic hydroxyl groups excluding tert-OH is 1. The Morgan fingerprint density at radius 2 is 1.62 bits per heavy atom. The van der Waals surface area contributed by atoms with Crippen LogP contribution in [0.25, 0.3) is 5.76 Å². The van der Waals surface area contributed by atoms with Crippen molar-refractivity contribution in [2.45, 2.75) is 17.7 Å². The average Bonchev–Trinajstić information content (AvgIpc) is 2.80. The highest BCUT2D eigenvalue weighted by atomic mass is 32.2. The number of rotatable bonds is 6. The summed E-state index contributed by atoms with van der Waals surface area (Å²) >= 11 is 1.41. The number of thioether (sulfide) groups is 1. The van der Waals surface area contributed by atoms with Gasteiger partial charge in [-0.3, -0.25) is 9.59 Å². The number of ketones is 1. The smallest absolute Gasteiger partial charge is 0.296 e. The summed E-state index contributed by atoms with van der Waals surface area (Å²) in [7, 11) is 0. The molecule has 3 aromatic carbocycles. The maximum absolute atomic E-state index is 12.8. The molecule has 0 atom stereocenters. The van der Waals surface area contributed by atoms with Gasteiger partial charge in [-0.25, -0.2) is 0 Å². The molecular weight excluding hydrogens is 426 g/mol. The van der Waals surface area contributed by atoms with Crippen LogP contribution in [0.5, 0.6) is 11.5 Å². The molecule has 1 aliphatic heterocycles. The summed E-state index contributed by atoms with van der Waals surface area (Å²) in [5.41, 5.74) is 2.80. The molecule has 6 nitrogen and oxygen atoms in total. The minimum Gasteiger partial charge on any atom is -0.507 e. The van der Waals surface area contributed by atoms with Crippen molar-refractivity contribution in [1.29, 1.82) is 0 Å². The third kappa shape index (κ3) is 4.48. The number of phenolic OH excluding ortho intramolecular Hbond substituents is 2. The number of phenols is 2. The van der Waals surface area contributed by atoms with Crippen molar-refractivity contribution in [2.75, 3.05) is 11.1 Å². The van der Waals surface area contributed by atoms with Gasteiger partial charge in [0.15, 0.2) is 11.5 Å². The molecule has 7 heteroatoms. The van der Waals surface area contributed by atoms with Crippen LogP contribution >= 0.6 is 11.8 Å². The molecule has 32 heavy (non-hydrogen) atoms. The number of fused-ring (bicyclic) bond motifs is 1. The predicted octanol–water partition coefficient (Wildman–Crippen LogP) is 4.47. The van der Waals surface area contributed by atoms with Crippen molar-refractivity contribution in [3.8, 4) is 11.5 Å². The van der Waals surface area contributed by atoms with Gasteiger partial charge in [0.1, 0.15) is 5.76 Å². The molecule has 4 rings (SSSR count). The number of Topliss-reactive ketones (excluding diaryl/α,β-unsaturated/α-hetero) is 1. The molecule has 0 saturated carbocycles. The van der Waals surface area contributed by atoms with Crippen LogP contribution in [0.2, 0.25) is 0 Å². The zero-order valence-electron chi connectivity index (χ0n) is 17.0. The van der Waals surface area contributed by atoms with Gasteiger partial charge >= 0.3 is 0 Å². The van der Waals surface area contributed by atoms with Gasteiger partial charge in [-0.15, -0.1) is 11.8 Å². The Hall–Kier alpha value is -3.71. The normalized spacial score (nSPS) is 12.9. The summed E-state index contributed by atoms with van der Waals surface area (Å²) in [4.78, 5) is 26.4. The Morgan fingerprint density at radius 1 is 0.875 bits per heavy atom. The second-order valence-electron chi connectivity index (χ2n) is 7.38. The lowest BCUT2D eigenvalue weighted by Gasteiger charge is -2.18. The number of anilines is 1. The van der Waals surface area contributed by atoms with E-state index < -0.39 is 11.7 Å². The Morgan fingerprint density at radius 3 is 2.44 bits per heavy atom. The topological polar surface area (TPSA) is 107 Å². The van der Waals surface area contributed by atoms with Gasteiger partial charge in [-0.05, 0) is 48.2 Å². The van der Waals surface area contributed by atoms with Crippen LogP contribution in [0.4, 0.5) is 5.69 Å². The maximum atomic E-state index is 12.8. The molecular formula is C25H21NO5S. The van der Waals surface area contributed by atoms with Crippen molar-refractivity contribution in [1.82, 2.24) is 0 Å². The van der Waals surface area contributed by atoms with Crippen molar-refractivity contribution in [3.63, 3.8) is 0 Å². The Labute approximate surface area is 189 Å². The molecule has 0 unspecified atom stereocenters. The fraction of sp³-hybridized carbons (Fsp3) is 0.120. The van der Waals surface area contributed by atoms with Crippen LogP contribution in [-0.2, 0) is 22.4 Å². The monoisotopic (exact) mass is 447 g/mol. The Balaban J connectivity index is 1.49. The summed E-state index contributed by atoms with van der Waals surface area (Å²) in [6.45, 7) is 0. The SMILES string of the molecule is O=C(Nc1ccccc1CCc1ccc(O)c(O)c1)C(=O)C1=C(O)c2ccccc2SC1. The summed E-state index contributed by atoms with van der Waals surface area (Å²) in [6.07, 6.45) is 1.11. The molecule has 4 N–H and O–H groups in total. The molecule has 1 heterocycles. The lowest BCUT2D eigenvalue weighted by Crippen LogP contribution is -2.27. The first-order valence-corrected chi connectivity index (χ1v) is 11.0. The quantitative estimate of drug-likeness (QED) is 0.328. The van der Waals surface area contributed by atoms with E-state index in [1.165, 1.54) is 23.9 Å². The first-order valence-electron chi connectivity index (χ1n) is 10.0. The molecule has 0 radical (unpaired) electrons. The highest BCUT2D eigenvalue weighted by Gasteiger charge is 2.28. The van der Waals surface area contributed by atoms with Gasteiger partial charge in [0, 0.05) is 21.9 Å². The number of aliphatic hydroxyl groups is 1. The highest BCUT2D eigenvalue weighted by molar-refractivity contribution is 7.99.